The highest BCUT2D eigenvalue weighted by Crippen LogP contribution is 2.31. The predicted octanol–water partition coefficient (Wildman–Crippen LogP) is 5.78. The molecule has 0 unspecified atom stereocenters. The van der Waals surface area contributed by atoms with Gasteiger partial charge >= 0.3 is 11.9 Å². The number of benzene rings is 2. The Hall–Kier alpha value is -3.09. The van der Waals surface area contributed by atoms with Gasteiger partial charge in [0.25, 0.3) is 0 Å². The molecule has 0 bridgehead atoms. The second-order valence-corrected chi connectivity index (χ2v) is 8.11. The predicted molar refractivity (Wildman–Crippen MR) is 115 cm³/mol. The number of carboxylic acids is 1. The summed E-state index contributed by atoms with van der Waals surface area (Å²) in [6.07, 6.45) is 0.230. The van der Waals surface area contributed by atoms with Crippen molar-refractivity contribution < 1.29 is 18.7 Å². The number of aromatic carboxylic acids is 1. The van der Waals surface area contributed by atoms with Gasteiger partial charge < -0.3 is 5.11 Å². The van der Waals surface area contributed by atoms with Gasteiger partial charge in [-0.05, 0) is 35.1 Å². The summed E-state index contributed by atoms with van der Waals surface area (Å²) in [5.41, 5.74) is 2.25. The van der Waals surface area contributed by atoms with Crippen molar-refractivity contribution in [3.63, 3.8) is 0 Å². The second-order valence-electron chi connectivity index (χ2n) is 8.11. The first-order chi connectivity index (χ1) is 14.7. The lowest BCUT2D eigenvalue weighted by atomic mass is 9.96. The van der Waals surface area contributed by atoms with Gasteiger partial charge in [-0.3, -0.25) is 0 Å². The fraction of sp³-hybridized carbons (Fsp3) is 0.375. The third-order valence-electron chi connectivity index (χ3n) is 4.94. The van der Waals surface area contributed by atoms with Crippen molar-refractivity contribution in [1.29, 1.82) is 0 Å². The molecule has 0 aliphatic heterocycles. The van der Waals surface area contributed by atoms with Crippen LogP contribution in [0.2, 0.25) is 0 Å². The molecule has 7 heteroatoms. The summed E-state index contributed by atoms with van der Waals surface area (Å²) in [5.74, 6) is -4.00. The van der Waals surface area contributed by atoms with E-state index < -0.39 is 17.7 Å². The molecule has 0 atom stereocenters. The summed E-state index contributed by atoms with van der Waals surface area (Å²) in [6.45, 7) is 6.11. The van der Waals surface area contributed by atoms with Crippen LogP contribution in [0.5, 0.6) is 0 Å². The summed E-state index contributed by atoms with van der Waals surface area (Å²) in [5, 5.41) is 13.8. The van der Waals surface area contributed by atoms with Gasteiger partial charge in [0.2, 0.25) is 5.82 Å². The molecular formula is C24H27F2N3O2. The smallest absolute Gasteiger partial charge is 0.336 e. The lowest BCUT2D eigenvalue weighted by Crippen LogP contribution is -2.16. The molecule has 1 aromatic heterocycles. The Kier molecular flexibility index (Phi) is 6.83. The summed E-state index contributed by atoms with van der Waals surface area (Å²) < 4.78 is 30.4. The van der Waals surface area contributed by atoms with Crippen LogP contribution in [0.25, 0.3) is 11.1 Å². The number of hydrogen-bond acceptors (Lipinski definition) is 3. The van der Waals surface area contributed by atoms with Gasteiger partial charge in [-0.1, -0.05) is 63.2 Å². The van der Waals surface area contributed by atoms with Gasteiger partial charge in [0.05, 0.1) is 5.56 Å². The number of carboxylic acid groups (broad SMARTS) is 1. The van der Waals surface area contributed by atoms with Crippen molar-refractivity contribution in [3.8, 4) is 11.1 Å². The average Bonchev–Trinajstić information content (AvgIpc) is 3.11. The van der Waals surface area contributed by atoms with Gasteiger partial charge in [-0.15, -0.1) is 5.10 Å². The molecule has 2 aromatic carbocycles. The molecule has 3 rings (SSSR count). The number of aromatic nitrogens is 3. The average molecular weight is 427 g/mol. The molecule has 5 nitrogen and oxygen atoms in total. The van der Waals surface area contributed by atoms with Crippen LogP contribution in [0.3, 0.4) is 0 Å². The monoisotopic (exact) mass is 427 g/mol. The zero-order valence-electron chi connectivity index (χ0n) is 18.0. The Morgan fingerprint density at radius 1 is 1.16 bits per heavy atom. The molecule has 1 N–H and O–H groups in total. The molecule has 0 radical (unpaired) electrons. The van der Waals surface area contributed by atoms with E-state index in [9.17, 15) is 18.7 Å². The molecule has 0 saturated heterocycles. The zero-order chi connectivity index (χ0) is 22.6. The minimum Gasteiger partial charge on any atom is -0.478 e. The van der Waals surface area contributed by atoms with Crippen LogP contribution in [-0.4, -0.2) is 25.8 Å². The van der Waals surface area contributed by atoms with Gasteiger partial charge in [0, 0.05) is 19.4 Å². The van der Waals surface area contributed by atoms with Crippen molar-refractivity contribution in [1.82, 2.24) is 14.8 Å². The molecule has 0 fully saturated rings. The Balaban J connectivity index is 1.98. The van der Waals surface area contributed by atoms with Crippen molar-refractivity contribution in [2.75, 3.05) is 0 Å². The molecule has 0 saturated carbocycles. The molecule has 0 aliphatic rings. The van der Waals surface area contributed by atoms with E-state index in [1.807, 2.05) is 50.2 Å². The third-order valence-corrected chi connectivity index (χ3v) is 4.94. The van der Waals surface area contributed by atoms with Crippen LogP contribution >= 0.6 is 0 Å². The Morgan fingerprint density at radius 3 is 2.48 bits per heavy atom. The van der Waals surface area contributed by atoms with Crippen molar-refractivity contribution in [2.45, 2.75) is 52.5 Å². The largest absolute Gasteiger partial charge is 0.478 e. The SMILES string of the molecule is CCCC(F)(F)c1nc(Cc2ccc(-c3ccccc3)c(C(=O)O)c2)n(CC(C)C)n1. The maximum absolute atomic E-state index is 14.4. The minimum absolute atomic E-state index is 0.162. The molecular weight excluding hydrogens is 400 g/mol. The number of nitrogens with zero attached hydrogens (tertiary/aromatic N) is 3. The van der Waals surface area contributed by atoms with E-state index in [4.69, 9.17) is 0 Å². The van der Waals surface area contributed by atoms with E-state index in [2.05, 4.69) is 10.1 Å². The van der Waals surface area contributed by atoms with E-state index in [1.54, 1.807) is 19.1 Å². The second kappa shape index (κ2) is 9.37. The molecule has 31 heavy (non-hydrogen) atoms. The van der Waals surface area contributed by atoms with E-state index in [1.165, 1.54) is 4.68 Å². The van der Waals surface area contributed by atoms with E-state index in [0.29, 0.717) is 29.9 Å². The Morgan fingerprint density at radius 2 is 1.87 bits per heavy atom. The number of halogens is 2. The molecule has 0 amide bonds. The number of rotatable bonds is 9. The summed E-state index contributed by atoms with van der Waals surface area (Å²) in [6, 6.07) is 14.4. The summed E-state index contributed by atoms with van der Waals surface area (Å²) in [4.78, 5) is 16.0. The number of hydrogen-bond donors (Lipinski definition) is 1. The highest BCUT2D eigenvalue weighted by atomic mass is 19.3. The van der Waals surface area contributed by atoms with Crippen LogP contribution < -0.4 is 0 Å². The normalized spacial score (nSPS) is 11.8. The van der Waals surface area contributed by atoms with Crippen LogP contribution in [-0.2, 0) is 18.9 Å². The summed E-state index contributed by atoms with van der Waals surface area (Å²) >= 11 is 0. The molecule has 0 aliphatic carbocycles. The molecule has 3 aromatic rings. The summed E-state index contributed by atoms with van der Waals surface area (Å²) in [7, 11) is 0. The van der Waals surface area contributed by atoms with E-state index in [0.717, 1.165) is 5.56 Å². The van der Waals surface area contributed by atoms with E-state index in [-0.39, 0.29) is 24.3 Å². The molecule has 0 spiro atoms. The molecule has 1 heterocycles. The highest BCUT2D eigenvalue weighted by Gasteiger charge is 2.36. The standard InChI is InChI=1S/C24H27F2N3O2/c1-4-12-24(25,26)23-27-21(29(28-23)15-16(2)3)14-17-10-11-19(20(13-17)22(30)31)18-8-6-5-7-9-18/h5-11,13,16H,4,12,14-15H2,1-3H3,(H,30,31). The highest BCUT2D eigenvalue weighted by molar-refractivity contribution is 5.96. The maximum Gasteiger partial charge on any atom is 0.336 e. The van der Waals surface area contributed by atoms with Crippen LogP contribution in [0.15, 0.2) is 48.5 Å². The van der Waals surface area contributed by atoms with Crippen LogP contribution in [0.1, 0.15) is 61.2 Å². The lowest BCUT2D eigenvalue weighted by molar-refractivity contribution is -0.0233. The van der Waals surface area contributed by atoms with Gasteiger partial charge in [-0.25, -0.2) is 14.5 Å². The number of alkyl halides is 2. The van der Waals surface area contributed by atoms with E-state index >= 15 is 0 Å². The van der Waals surface area contributed by atoms with Crippen LogP contribution in [0.4, 0.5) is 8.78 Å². The van der Waals surface area contributed by atoms with Gasteiger partial charge in [0.1, 0.15) is 5.82 Å². The quantitative estimate of drug-likeness (QED) is 0.470. The maximum atomic E-state index is 14.4. The number of carbonyl (C=O) groups is 1. The first kappa shape index (κ1) is 22.6. The Bertz CT molecular complexity index is 1050. The fourth-order valence-electron chi connectivity index (χ4n) is 3.51. The van der Waals surface area contributed by atoms with Crippen molar-refractivity contribution in [2.24, 2.45) is 5.92 Å². The lowest BCUT2D eigenvalue weighted by Gasteiger charge is -2.11. The van der Waals surface area contributed by atoms with Crippen molar-refractivity contribution >= 4 is 5.97 Å². The van der Waals surface area contributed by atoms with Gasteiger partial charge in [0.15, 0.2) is 0 Å². The first-order valence-corrected chi connectivity index (χ1v) is 10.4. The third kappa shape index (κ3) is 5.34. The zero-order valence-corrected chi connectivity index (χ0v) is 18.0. The topological polar surface area (TPSA) is 68.0 Å². The Labute approximate surface area is 180 Å². The molecule has 164 valence electrons. The van der Waals surface area contributed by atoms with Crippen LogP contribution in [0, 0.1) is 5.92 Å². The fourth-order valence-corrected chi connectivity index (χ4v) is 3.51. The van der Waals surface area contributed by atoms with Crippen molar-refractivity contribution in [3.05, 3.63) is 71.3 Å². The van der Waals surface area contributed by atoms with Gasteiger partial charge in [-0.2, -0.15) is 8.78 Å². The minimum atomic E-state index is -3.09. The first-order valence-electron chi connectivity index (χ1n) is 10.4.